The van der Waals surface area contributed by atoms with E-state index in [2.05, 4.69) is 31.0 Å². The zero-order valence-electron chi connectivity index (χ0n) is 14.1. The Morgan fingerprint density at radius 1 is 1.18 bits per heavy atom. The van der Waals surface area contributed by atoms with E-state index in [4.69, 9.17) is 11.6 Å². The van der Waals surface area contributed by atoms with E-state index in [0.29, 0.717) is 5.02 Å². The van der Waals surface area contributed by atoms with Crippen molar-refractivity contribution in [2.45, 2.75) is 46.0 Å². The Morgan fingerprint density at radius 2 is 1.82 bits per heavy atom. The summed E-state index contributed by atoms with van der Waals surface area (Å²) < 4.78 is 0. The van der Waals surface area contributed by atoms with Crippen LogP contribution in [0.4, 0.5) is 0 Å². The first-order valence-electron chi connectivity index (χ1n) is 8.37. The summed E-state index contributed by atoms with van der Waals surface area (Å²) in [6.07, 6.45) is 2.84. The zero-order chi connectivity index (χ0) is 16.4. The highest BCUT2D eigenvalue weighted by Gasteiger charge is 2.19. The first kappa shape index (κ1) is 19.0. The van der Waals surface area contributed by atoms with Gasteiger partial charge in [0.25, 0.3) is 0 Å². The summed E-state index contributed by atoms with van der Waals surface area (Å²) in [5.41, 5.74) is 1.05. The average molecular weight is 325 g/mol. The van der Waals surface area contributed by atoms with Crippen molar-refractivity contribution in [3.8, 4) is 0 Å². The Bertz CT molecular complexity index is 429. The Hall–Kier alpha value is -1.06. The third-order valence-electron chi connectivity index (χ3n) is 4.01. The van der Waals surface area contributed by atoms with Crippen molar-refractivity contribution in [1.82, 2.24) is 10.2 Å². The van der Waals surface area contributed by atoms with Gasteiger partial charge in [-0.15, -0.1) is 0 Å². The summed E-state index contributed by atoms with van der Waals surface area (Å²) in [5, 5.41) is 3.79. The van der Waals surface area contributed by atoms with Gasteiger partial charge in [-0.1, -0.05) is 50.9 Å². The molecule has 1 rings (SSSR count). The van der Waals surface area contributed by atoms with Crippen LogP contribution in [0.25, 0.3) is 0 Å². The van der Waals surface area contributed by atoms with E-state index in [-0.39, 0.29) is 11.8 Å². The lowest BCUT2D eigenvalue weighted by Gasteiger charge is -2.19. The topological polar surface area (TPSA) is 32.3 Å². The summed E-state index contributed by atoms with van der Waals surface area (Å²) in [4.78, 5) is 14.8. The lowest BCUT2D eigenvalue weighted by atomic mass is 9.93. The van der Waals surface area contributed by atoms with Crippen molar-refractivity contribution in [2.24, 2.45) is 0 Å². The van der Waals surface area contributed by atoms with E-state index in [0.717, 1.165) is 51.0 Å². The van der Waals surface area contributed by atoms with E-state index in [1.165, 1.54) is 0 Å². The van der Waals surface area contributed by atoms with Crippen molar-refractivity contribution in [3.05, 3.63) is 34.9 Å². The fraction of sp³-hybridized carbons (Fsp3) is 0.611. The lowest BCUT2D eigenvalue weighted by Crippen LogP contribution is -2.33. The minimum atomic E-state index is -0.0734. The second-order valence-electron chi connectivity index (χ2n) is 5.56. The highest BCUT2D eigenvalue weighted by molar-refractivity contribution is 6.30. The van der Waals surface area contributed by atoms with Gasteiger partial charge in [0.2, 0.25) is 5.91 Å². The van der Waals surface area contributed by atoms with Gasteiger partial charge in [0.1, 0.15) is 0 Å². The molecule has 1 amide bonds. The molecular weight excluding hydrogens is 296 g/mol. The normalized spacial score (nSPS) is 12.4. The average Bonchev–Trinajstić information content (AvgIpc) is 2.53. The van der Waals surface area contributed by atoms with Gasteiger partial charge >= 0.3 is 0 Å². The molecule has 0 fully saturated rings. The molecule has 0 aliphatic rings. The van der Waals surface area contributed by atoms with Gasteiger partial charge in [-0.05, 0) is 50.2 Å². The van der Waals surface area contributed by atoms with Crippen LogP contribution in [0.5, 0.6) is 0 Å². The van der Waals surface area contributed by atoms with E-state index in [9.17, 15) is 4.79 Å². The predicted molar refractivity (Wildman–Crippen MR) is 94.5 cm³/mol. The van der Waals surface area contributed by atoms with Gasteiger partial charge in [0.15, 0.2) is 0 Å². The molecule has 1 unspecified atom stereocenters. The molecular formula is C18H29ClN2O. The molecule has 0 aliphatic carbocycles. The fourth-order valence-corrected chi connectivity index (χ4v) is 2.74. The number of carbonyl (C=O) groups is 1. The monoisotopic (exact) mass is 324 g/mol. The van der Waals surface area contributed by atoms with Crippen molar-refractivity contribution in [2.75, 3.05) is 26.2 Å². The van der Waals surface area contributed by atoms with E-state index < -0.39 is 0 Å². The van der Waals surface area contributed by atoms with Gasteiger partial charge < -0.3 is 10.2 Å². The Morgan fingerprint density at radius 3 is 2.36 bits per heavy atom. The SMILES string of the molecule is CCCC(C(=O)NCCCN(CC)CC)c1ccc(Cl)cc1. The van der Waals surface area contributed by atoms with Crippen molar-refractivity contribution < 1.29 is 4.79 Å². The van der Waals surface area contributed by atoms with Crippen LogP contribution in [0.2, 0.25) is 5.02 Å². The molecule has 1 N–H and O–H groups in total. The summed E-state index contributed by atoms with van der Waals surface area (Å²) in [6, 6.07) is 7.62. The second-order valence-corrected chi connectivity index (χ2v) is 6.00. The maximum absolute atomic E-state index is 12.4. The van der Waals surface area contributed by atoms with Crippen LogP contribution in [-0.2, 0) is 4.79 Å². The largest absolute Gasteiger partial charge is 0.356 e. The van der Waals surface area contributed by atoms with Crippen LogP contribution in [0.3, 0.4) is 0 Å². The van der Waals surface area contributed by atoms with Crippen LogP contribution in [0.1, 0.15) is 51.5 Å². The molecule has 4 heteroatoms. The summed E-state index contributed by atoms with van der Waals surface area (Å²) in [6.45, 7) is 10.3. The fourth-order valence-electron chi connectivity index (χ4n) is 2.61. The molecule has 1 atom stereocenters. The molecule has 1 aromatic rings. The van der Waals surface area contributed by atoms with E-state index in [1.807, 2.05) is 24.3 Å². The van der Waals surface area contributed by atoms with Crippen LogP contribution in [-0.4, -0.2) is 37.0 Å². The van der Waals surface area contributed by atoms with Crippen LogP contribution in [0, 0.1) is 0 Å². The molecule has 1 aromatic carbocycles. The molecule has 0 spiro atoms. The molecule has 22 heavy (non-hydrogen) atoms. The molecule has 0 saturated carbocycles. The Labute approximate surface area is 140 Å². The maximum atomic E-state index is 12.4. The van der Waals surface area contributed by atoms with Crippen molar-refractivity contribution in [3.63, 3.8) is 0 Å². The number of benzene rings is 1. The summed E-state index contributed by atoms with van der Waals surface area (Å²) in [5.74, 6) is 0.0550. The van der Waals surface area contributed by atoms with Gasteiger partial charge in [-0.3, -0.25) is 4.79 Å². The van der Waals surface area contributed by atoms with Crippen LogP contribution >= 0.6 is 11.6 Å². The number of hydrogen-bond acceptors (Lipinski definition) is 2. The summed E-state index contributed by atoms with van der Waals surface area (Å²) >= 11 is 5.93. The Balaban J connectivity index is 2.50. The van der Waals surface area contributed by atoms with E-state index in [1.54, 1.807) is 0 Å². The molecule has 0 bridgehead atoms. The highest BCUT2D eigenvalue weighted by atomic mass is 35.5. The predicted octanol–water partition coefficient (Wildman–Crippen LogP) is 4.07. The molecule has 0 heterocycles. The number of halogens is 1. The quantitative estimate of drug-likeness (QED) is 0.658. The standard InChI is InChI=1S/C18H29ClN2O/c1-4-8-17(15-9-11-16(19)12-10-15)18(22)20-13-7-14-21(5-2)6-3/h9-12,17H,4-8,13-14H2,1-3H3,(H,20,22). The first-order valence-corrected chi connectivity index (χ1v) is 8.75. The minimum absolute atomic E-state index is 0.0734. The number of nitrogens with one attached hydrogen (secondary N) is 1. The van der Waals surface area contributed by atoms with Gasteiger partial charge in [-0.2, -0.15) is 0 Å². The third-order valence-corrected chi connectivity index (χ3v) is 4.26. The van der Waals surface area contributed by atoms with Crippen LogP contribution < -0.4 is 5.32 Å². The molecule has 3 nitrogen and oxygen atoms in total. The molecule has 0 radical (unpaired) electrons. The van der Waals surface area contributed by atoms with Crippen LogP contribution in [0.15, 0.2) is 24.3 Å². The van der Waals surface area contributed by atoms with Crippen molar-refractivity contribution in [1.29, 1.82) is 0 Å². The zero-order valence-corrected chi connectivity index (χ0v) is 14.8. The number of carbonyl (C=O) groups excluding carboxylic acids is 1. The second kappa shape index (κ2) is 10.6. The Kier molecular flexibility index (Phi) is 9.17. The maximum Gasteiger partial charge on any atom is 0.227 e. The number of amides is 1. The lowest BCUT2D eigenvalue weighted by molar-refractivity contribution is -0.122. The third kappa shape index (κ3) is 6.37. The molecule has 0 saturated heterocycles. The number of nitrogens with zero attached hydrogens (tertiary/aromatic N) is 1. The van der Waals surface area contributed by atoms with Crippen molar-refractivity contribution >= 4 is 17.5 Å². The molecule has 0 aromatic heterocycles. The number of hydrogen-bond donors (Lipinski definition) is 1. The molecule has 124 valence electrons. The minimum Gasteiger partial charge on any atom is -0.356 e. The number of rotatable bonds is 10. The smallest absolute Gasteiger partial charge is 0.227 e. The first-order chi connectivity index (χ1) is 10.6. The highest BCUT2D eigenvalue weighted by Crippen LogP contribution is 2.23. The summed E-state index contributed by atoms with van der Waals surface area (Å²) in [7, 11) is 0. The molecule has 0 aliphatic heterocycles. The van der Waals surface area contributed by atoms with Gasteiger partial charge in [0, 0.05) is 11.6 Å². The van der Waals surface area contributed by atoms with Gasteiger partial charge in [0.05, 0.1) is 5.92 Å². The van der Waals surface area contributed by atoms with Gasteiger partial charge in [-0.25, -0.2) is 0 Å². The van der Waals surface area contributed by atoms with E-state index >= 15 is 0 Å².